The van der Waals surface area contributed by atoms with Gasteiger partial charge in [0.05, 0.1) is 12.7 Å². The molecule has 1 aromatic carbocycles. The van der Waals surface area contributed by atoms with Crippen LogP contribution in [0.25, 0.3) is 11.3 Å². The topological polar surface area (TPSA) is 63.9 Å². The highest BCUT2D eigenvalue weighted by atomic mass is 19.1. The molecule has 0 aliphatic heterocycles. The van der Waals surface area contributed by atoms with Gasteiger partial charge in [-0.3, -0.25) is 4.79 Å². The van der Waals surface area contributed by atoms with Crippen molar-refractivity contribution in [1.29, 1.82) is 0 Å². The molecule has 0 fully saturated rings. The highest BCUT2D eigenvalue weighted by Gasteiger charge is 2.17. The van der Waals surface area contributed by atoms with Crippen LogP contribution in [0.4, 0.5) is 4.39 Å². The predicted octanol–water partition coefficient (Wildman–Crippen LogP) is 3.32. The Morgan fingerprint density at radius 2 is 1.96 bits per heavy atom. The van der Waals surface area contributed by atoms with Crippen molar-refractivity contribution < 1.29 is 9.18 Å². The van der Waals surface area contributed by atoms with Crippen LogP contribution in [0.5, 0.6) is 0 Å². The van der Waals surface area contributed by atoms with Gasteiger partial charge in [-0.1, -0.05) is 23.4 Å². The maximum atomic E-state index is 13.2. The van der Waals surface area contributed by atoms with E-state index in [0.29, 0.717) is 30.9 Å². The van der Waals surface area contributed by atoms with Crippen LogP contribution in [0.2, 0.25) is 0 Å². The van der Waals surface area contributed by atoms with Gasteiger partial charge in [-0.05, 0) is 44.0 Å². The van der Waals surface area contributed by atoms with Gasteiger partial charge in [0.1, 0.15) is 5.69 Å². The molecule has 0 spiro atoms. The van der Waals surface area contributed by atoms with Crippen molar-refractivity contribution in [3.8, 4) is 11.3 Å². The van der Waals surface area contributed by atoms with Crippen LogP contribution in [-0.4, -0.2) is 43.9 Å². The van der Waals surface area contributed by atoms with E-state index in [1.807, 2.05) is 38.1 Å². The average Bonchev–Trinajstić information content (AvgIpc) is 3.11. The number of hydrogen-bond donors (Lipinski definition) is 0. The van der Waals surface area contributed by atoms with Gasteiger partial charge < -0.3 is 4.90 Å². The summed E-state index contributed by atoms with van der Waals surface area (Å²) in [5.41, 5.74) is 3.63. The molecule has 27 heavy (non-hydrogen) atoms. The molecule has 140 valence electrons. The molecule has 0 saturated heterocycles. The van der Waals surface area contributed by atoms with E-state index in [9.17, 15) is 9.18 Å². The number of amides is 1. The first kappa shape index (κ1) is 18.7. The van der Waals surface area contributed by atoms with E-state index < -0.39 is 5.95 Å². The van der Waals surface area contributed by atoms with Crippen molar-refractivity contribution in [3.63, 3.8) is 0 Å². The van der Waals surface area contributed by atoms with E-state index in [0.717, 1.165) is 16.7 Å². The number of pyridine rings is 1. The van der Waals surface area contributed by atoms with E-state index in [2.05, 4.69) is 15.3 Å². The van der Waals surface area contributed by atoms with Crippen LogP contribution < -0.4 is 0 Å². The van der Waals surface area contributed by atoms with Crippen LogP contribution in [0.1, 0.15) is 35.3 Å². The summed E-state index contributed by atoms with van der Waals surface area (Å²) in [5, 5.41) is 8.33. The second-order valence-electron chi connectivity index (χ2n) is 6.26. The molecule has 6 nitrogen and oxygen atoms in total. The van der Waals surface area contributed by atoms with Crippen LogP contribution in [0.3, 0.4) is 0 Å². The summed E-state index contributed by atoms with van der Waals surface area (Å²) in [6.45, 7) is 7.47. The molecular weight excluding hydrogens is 345 g/mol. The molecule has 0 aliphatic carbocycles. The van der Waals surface area contributed by atoms with Crippen molar-refractivity contribution in [3.05, 3.63) is 65.4 Å². The maximum Gasteiger partial charge on any atom is 0.254 e. The Balaban J connectivity index is 1.87. The normalized spacial score (nSPS) is 10.8. The van der Waals surface area contributed by atoms with Crippen LogP contribution in [-0.2, 0) is 6.54 Å². The summed E-state index contributed by atoms with van der Waals surface area (Å²) in [4.78, 5) is 18.2. The number of nitrogens with zero attached hydrogens (tertiary/aromatic N) is 5. The number of hydrogen-bond acceptors (Lipinski definition) is 4. The minimum absolute atomic E-state index is 0.00881. The Labute approximate surface area is 157 Å². The van der Waals surface area contributed by atoms with Crippen LogP contribution in [0.15, 0.2) is 42.7 Å². The largest absolute Gasteiger partial charge is 0.339 e. The lowest BCUT2D eigenvalue weighted by molar-refractivity contribution is 0.0771. The third kappa shape index (κ3) is 4.02. The SMILES string of the molecule is CCN(CC)C(=O)c1ccccc1Cn1cc(-c2cnc(F)cc2C)nn1. The van der Waals surface area contributed by atoms with Gasteiger partial charge in [-0.15, -0.1) is 5.10 Å². The summed E-state index contributed by atoms with van der Waals surface area (Å²) in [7, 11) is 0. The number of aromatic nitrogens is 4. The van der Waals surface area contributed by atoms with E-state index in [1.165, 1.54) is 12.3 Å². The second-order valence-corrected chi connectivity index (χ2v) is 6.26. The number of rotatable bonds is 6. The Morgan fingerprint density at radius 3 is 2.67 bits per heavy atom. The second kappa shape index (κ2) is 8.07. The third-order valence-corrected chi connectivity index (χ3v) is 4.52. The first-order chi connectivity index (χ1) is 13.0. The van der Waals surface area contributed by atoms with Crippen molar-refractivity contribution in [1.82, 2.24) is 24.9 Å². The molecule has 0 N–H and O–H groups in total. The smallest absolute Gasteiger partial charge is 0.254 e. The van der Waals surface area contributed by atoms with Crippen molar-refractivity contribution in [2.45, 2.75) is 27.3 Å². The quantitative estimate of drug-likeness (QED) is 0.627. The van der Waals surface area contributed by atoms with Gasteiger partial charge in [0.25, 0.3) is 5.91 Å². The molecule has 2 aromatic heterocycles. The molecular formula is C20H22FN5O. The third-order valence-electron chi connectivity index (χ3n) is 4.52. The first-order valence-electron chi connectivity index (χ1n) is 8.93. The molecule has 0 saturated carbocycles. The zero-order valence-electron chi connectivity index (χ0n) is 15.7. The Hall–Kier alpha value is -3.09. The lowest BCUT2D eigenvalue weighted by atomic mass is 10.1. The zero-order valence-corrected chi connectivity index (χ0v) is 15.7. The molecule has 0 radical (unpaired) electrons. The summed E-state index contributed by atoms with van der Waals surface area (Å²) in [5.74, 6) is -0.512. The van der Waals surface area contributed by atoms with Gasteiger partial charge in [0.15, 0.2) is 0 Å². The fourth-order valence-corrected chi connectivity index (χ4v) is 3.01. The number of halogens is 1. The lowest BCUT2D eigenvalue weighted by Gasteiger charge is -2.20. The minimum atomic E-state index is -0.521. The van der Waals surface area contributed by atoms with Crippen LogP contribution >= 0.6 is 0 Å². The summed E-state index contributed by atoms with van der Waals surface area (Å²) in [6, 6.07) is 8.89. The monoisotopic (exact) mass is 367 g/mol. The Kier molecular flexibility index (Phi) is 5.59. The van der Waals surface area contributed by atoms with E-state index >= 15 is 0 Å². The number of carbonyl (C=O) groups is 1. The standard InChI is InChI=1S/C20H22FN5O/c1-4-25(5-2)20(27)16-9-7-6-8-15(16)12-26-13-18(23-24-26)17-11-22-19(21)10-14(17)3/h6-11,13H,4-5,12H2,1-3H3. The van der Waals surface area contributed by atoms with Crippen molar-refractivity contribution in [2.75, 3.05) is 13.1 Å². The fourth-order valence-electron chi connectivity index (χ4n) is 3.01. The zero-order chi connectivity index (χ0) is 19.4. The van der Waals surface area contributed by atoms with E-state index in [-0.39, 0.29) is 5.91 Å². The van der Waals surface area contributed by atoms with Gasteiger partial charge >= 0.3 is 0 Å². The summed E-state index contributed by atoms with van der Waals surface area (Å²) < 4.78 is 14.9. The van der Waals surface area contributed by atoms with Gasteiger partial charge in [-0.2, -0.15) is 4.39 Å². The predicted molar refractivity (Wildman–Crippen MR) is 101 cm³/mol. The molecule has 0 bridgehead atoms. The number of aryl methyl sites for hydroxylation is 1. The molecule has 3 aromatic rings. The minimum Gasteiger partial charge on any atom is -0.339 e. The summed E-state index contributed by atoms with van der Waals surface area (Å²) in [6.07, 6.45) is 3.23. The maximum absolute atomic E-state index is 13.2. The fraction of sp³-hybridized carbons (Fsp3) is 0.300. The molecule has 3 rings (SSSR count). The molecule has 0 aliphatic rings. The Bertz CT molecular complexity index is 949. The van der Waals surface area contributed by atoms with Gasteiger partial charge in [-0.25, -0.2) is 9.67 Å². The molecule has 1 amide bonds. The lowest BCUT2D eigenvalue weighted by Crippen LogP contribution is -2.31. The van der Waals surface area contributed by atoms with Crippen molar-refractivity contribution >= 4 is 5.91 Å². The summed E-state index contributed by atoms with van der Waals surface area (Å²) >= 11 is 0. The van der Waals surface area contributed by atoms with Gasteiger partial charge in [0, 0.05) is 30.4 Å². The van der Waals surface area contributed by atoms with E-state index in [1.54, 1.807) is 22.7 Å². The van der Waals surface area contributed by atoms with Crippen molar-refractivity contribution in [2.24, 2.45) is 0 Å². The highest BCUT2D eigenvalue weighted by Crippen LogP contribution is 2.21. The Morgan fingerprint density at radius 1 is 1.22 bits per heavy atom. The number of benzene rings is 1. The van der Waals surface area contributed by atoms with Crippen LogP contribution in [0, 0.1) is 12.9 Å². The number of carbonyl (C=O) groups excluding carboxylic acids is 1. The average molecular weight is 367 g/mol. The van der Waals surface area contributed by atoms with Gasteiger partial charge in [0.2, 0.25) is 5.95 Å². The first-order valence-corrected chi connectivity index (χ1v) is 8.93. The molecule has 0 atom stereocenters. The van der Waals surface area contributed by atoms with E-state index in [4.69, 9.17) is 0 Å². The molecule has 7 heteroatoms. The molecule has 0 unspecified atom stereocenters. The molecule has 2 heterocycles. The highest BCUT2D eigenvalue weighted by molar-refractivity contribution is 5.95.